The van der Waals surface area contributed by atoms with Crippen molar-refractivity contribution in [2.75, 3.05) is 0 Å². The highest BCUT2D eigenvalue weighted by atomic mass is 79.9. The van der Waals surface area contributed by atoms with Crippen molar-refractivity contribution in [2.24, 2.45) is 0 Å². The number of halogens is 1. The van der Waals surface area contributed by atoms with E-state index in [1.165, 1.54) is 11.1 Å². The standard InChI is InChI=1S/C10H9Br/c1-3-5-9-8(2)6-4-7-10(9)11/h1,4,6-7H,5H2,2H3. The fraction of sp³-hybridized carbons (Fsp3) is 0.200. The number of rotatable bonds is 1. The molecule has 56 valence electrons. The molecular weight excluding hydrogens is 200 g/mol. The van der Waals surface area contributed by atoms with Gasteiger partial charge in [0, 0.05) is 10.9 Å². The van der Waals surface area contributed by atoms with E-state index in [1.54, 1.807) is 0 Å². The molecule has 0 N–H and O–H groups in total. The first-order valence-electron chi connectivity index (χ1n) is 3.43. The van der Waals surface area contributed by atoms with Crippen molar-refractivity contribution in [1.29, 1.82) is 0 Å². The normalized spacial score (nSPS) is 9.18. The van der Waals surface area contributed by atoms with Gasteiger partial charge < -0.3 is 0 Å². The summed E-state index contributed by atoms with van der Waals surface area (Å²) in [6.45, 7) is 2.07. The SMILES string of the molecule is C#CCc1c(C)cccc1Br. The molecule has 0 spiro atoms. The van der Waals surface area contributed by atoms with E-state index >= 15 is 0 Å². The fourth-order valence-electron chi connectivity index (χ4n) is 0.992. The topological polar surface area (TPSA) is 0 Å². The summed E-state index contributed by atoms with van der Waals surface area (Å²) in [6, 6.07) is 6.09. The van der Waals surface area contributed by atoms with Crippen LogP contribution in [0.5, 0.6) is 0 Å². The van der Waals surface area contributed by atoms with Gasteiger partial charge >= 0.3 is 0 Å². The largest absolute Gasteiger partial charge is 0.120 e. The van der Waals surface area contributed by atoms with Crippen LogP contribution in [0.1, 0.15) is 11.1 Å². The van der Waals surface area contributed by atoms with Crippen molar-refractivity contribution in [3.05, 3.63) is 33.8 Å². The lowest BCUT2D eigenvalue weighted by atomic mass is 10.1. The van der Waals surface area contributed by atoms with Gasteiger partial charge in [0.2, 0.25) is 0 Å². The van der Waals surface area contributed by atoms with E-state index in [9.17, 15) is 0 Å². The Bertz CT molecular complexity index is 274. The molecule has 0 fully saturated rings. The molecule has 0 aromatic heterocycles. The number of terminal acetylenes is 1. The van der Waals surface area contributed by atoms with E-state index in [2.05, 4.69) is 34.8 Å². The highest BCUT2D eigenvalue weighted by Gasteiger charge is 1.99. The van der Waals surface area contributed by atoms with Crippen molar-refractivity contribution in [2.45, 2.75) is 13.3 Å². The lowest BCUT2D eigenvalue weighted by Gasteiger charge is -2.03. The first-order valence-corrected chi connectivity index (χ1v) is 4.22. The molecule has 1 rings (SSSR count). The first kappa shape index (κ1) is 8.36. The summed E-state index contributed by atoms with van der Waals surface area (Å²) in [5, 5.41) is 0. The van der Waals surface area contributed by atoms with Crippen LogP contribution in [-0.2, 0) is 6.42 Å². The van der Waals surface area contributed by atoms with E-state index < -0.39 is 0 Å². The predicted octanol–water partition coefficient (Wildman–Crippen LogP) is 2.93. The minimum atomic E-state index is 0.702. The predicted molar refractivity (Wildman–Crippen MR) is 51.4 cm³/mol. The molecule has 0 aliphatic rings. The summed E-state index contributed by atoms with van der Waals surface area (Å²) in [4.78, 5) is 0. The van der Waals surface area contributed by atoms with Crippen LogP contribution in [0.3, 0.4) is 0 Å². The van der Waals surface area contributed by atoms with Gasteiger partial charge in [0.25, 0.3) is 0 Å². The Hall–Kier alpha value is -0.740. The van der Waals surface area contributed by atoms with Gasteiger partial charge in [0.1, 0.15) is 0 Å². The first-order chi connectivity index (χ1) is 5.25. The third-order valence-corrected chi connectivity index (χ3v) is 2.37. The molecule has 0 atom stereocenters. The van der Waals surface area contributed by atoms with Gasteiger partial charge in [-0.15, -0.1) is 12.3 Å². The molecule has 0 radical (unpaired) electrons. The molecule has 0 amide bonds. The number of hydrogen-bond donors (Lipinski definition) is 0. The molecule has 0 unspecified atom stereocenters. The maximum absolute atomic E-state index is 5.23. The molecule has 0 aliphatic heterocycles. The van der Waals surface area contributed by atoms with Gasteiger partial charge in [-0.3, -0.25) is 0 Å². The molecule has 1 aromatic carbocycles. The maximum Gasteiger partial charge on any atom is 0.0351 e. The Morgan fingerprint density at radius 1 is 1.55 bits per heavy atom. The van der Waals surface area contributed by atoms with Crippen LogP contribution >= 0.6 is 15.9 Å². The van der Waals surface area contributed by atoms with E-state index in [4.69, 9.17) is 6.42 Å². The Labute approximate surface area is 75.8 Å². The summed E-state index contributed by atoms with van der Waals surface area (Å²) >= 11 is 3.45. The minimum absolute atomic E-state index is 0.702. The van der Waals surface area contributed by atoms with Crippen molar-refractivity contribution in [3.8, 4) is 12.3 Å². The molecule has 0 saturated carbocycles. The monoisotopic (exact) mass is 208 g/mol. The van der Waals surface area contributed by atoms with Crippen LogP contribution in [-0.4, -0.2) is 0 Å². The van der Waals surface area contributed by atoms with Crippen LogP contribution in [0.2, 0.25) is 0 Å². The number of benzene rings is 1. The van der Waals surface area contributed by atoms with Gasteiger partial charge in [-0.2, -0.15) is 0 Å². The Morgan fingerprint density at radius 3 is 2.82 bits per heavy atom. The van der Waals surface area contributed by atoms with Crippen molar-refractivity contribution < 1.29 is 0 Å². The zero-order valence-electron chi connectivity index (χ0n) is 6.39. The summed E-state index contributed by atoms with van der Waals surface area (Å²) < 4.78 is 1.11. The van der Waals surface area contributed by atoms with E-state index in [-0.39, 0.29) is 0 Å². The van der Waals surface area contributed by atoms with E-state index in [0.29, 0.717) is 6.42 Å². The summed E-state index contributed by atoms with van der Waals surface area (Å²) in [6.07, 6.45) is 5.93. The number of aryl methyl sites for hydroxylation is 1. The number of hydrogen-bond acceptors (Lipinski definition) is 0. The molecular formula is C10H9Br. The molecule has 0 aliphatic carbocycles. The molecule has 0 nitrogen and oxygen atoms in total. The third kappa shape index (κ3) is 1.85. The molecule has 1 aromatic rings. The molecule has 0 bridgehead atoms. The summed E-state index contributed by atoms with van der Waals surface area (Å²) in [7, 11) is 0. The third-order valence-electron chi connectivity index (χ3n) is 1.63. The highest BCUT2D eigenvalue weighted by molar-refractivity contribution is 9.10. The van der Waals surface area contributed by atoms with Crippen molar-refractivity contribution >= 4 is 15.9 Å². The molecule has 1 heteroatoms. The van der Waals surface area contributed by atoms with Crippen molar-refractivity contribution in [1.82, 2.24) is 0 Å². The van der Waals surface area contributed by atoms with Gasteiger partial charge in [0.15, 0.2) is 0 Å². The average Bonchev–Trinajstić information content (AvgIpc) is 1.97. The second-order valence-corrected chi connectivity index (χ2v) is 3.27. The quantitative estimate of drug-likeness (QED) is 0.624. The Balaban J connectivity index is 3.12. The Morgan fingerprint density at radius 2 is 2.27 bits per heavy atom. The van der Waals surface area contributed by atoms with Gasteiger partial charge in [-0.25, -0.2) is 0 Å². The zero-order valence-corrected chi connectivity index (χ0v) is 7.98. The van der Waals surface area contributed by atoms with E-state index in [0.717, 1.165) is 4.47 Å². The van der Waals surface area contributed by atoms with Gasteiger partial charge in [-0.1, -0.05) is 28.1 Å². The van der Waals surface area contributed by atoms with Crippen molar-refractivity contribution in [3.63, 3.8) is 0 Å². The smallest absolute Gasteiger partial charge is 0.0351 e. The second kappa shape index (κ2) is 3.59. The second-order valence-electron chi connectivity index (χ2n) is 2.42. The van der Waals surface area contributed by atoms with Crippen LogP contribution in [0.4, 0.5) is 0 Å². The Kier molecular flexibility index (Phi) is 2.73. The fourth-order valence-corrected chi connectivity index (χ4v) is 1.60. The van der Waals surface area contributed by atoms with Gasteiger partial charge in [0.05, 0.1) is 0 Å². The molecule has 11 heavy (non-hydrogen) atoms. The summed E-state index contributed by atoms with van der Waals surface area (Å²) in [5.41, 5.74) is 2.47. The van der Waals surface area contributed by atoms with Crippen LogP contribution in [0, 0.1) is 19.3 Å². The van der Waals surface area contributed by atoms with Crippen LogP contribution in [0.15, 0.2) is 22.7 Å². The lowest BCUT2D eigenvalue weighted by molar-refractivity contribution is 1.23. The summed E-state index contributed by atoms with van der Waals surface area (Å²) in [5.74, 6) is 2.64. The van der Waals surface area contributed by atoms with Gasteiger partial charge in [-0.05, 0) is 24.1 Å². The average molecular weight is 209 g/mol. The molecule has 0 heterocycles. The van der Waals surface area contributed by atoms with Crippen LogP contribution in [0.25, 0.3) is 0 Å². The highest BCUT2D eigenvalue weighted by Crippen LogP contribution is 2.19. The lowest BCUT2D eigenvalue weighted by Crippen LogP contribution is -1.87. The minimum Gasteiger partial charge on any atom is -0.120 e. The maximum atomic E-state index is 5.23. The van der Waals surface area contributed by atoms with Crippen LogP contribution < -0.4 is 0 Å². The molecule has 0 saturated heterocycles. The zero-order chi connectivity index (χ0) is 8.27. The van der Waals surface area contributed by atoms with E-state index in [1.807, 2.05) is 12.1 Å².